The molecule has 0 bridgehead atoms. The molecule has 1 aromatic heterocycles. The first-order valence-electron chi connectivity index (χ1n) is 10.5. The second kappa shape index (κ2) is 10.6. The number of anilines is 1. The second-order valence-electron chi connectivity index (χ2n) is 7.44. The fourth-order valence-corrected chi connectivity index (χ4v) is 5.50. The first-order valence-corrected chi connectivity index (χ1v) is 12.1. The lowest BCUT2D eigenvalue weighted by molar-refractivity contribution is 0.102. The molecule has 4 rings (SSSR count). The first-order chi connectivity index (χ1) is 16.1. The third kappa shape index (κ3) is 5.27. The number of hydrogen-bond donors (Lipinski definition) is 1. The lowest BCUT2D eigenvalue weighted by atomic mass is 9.95. The average molecular weight is 524 g/mol. The molecule has 2 aromatic carbocycles. The van der Waals surface area contributed by atoms with Crippen molar-refractivity contribution < 1.29 is 14.3 Å². The molecule has 1 aliphatic carbocycles. The van der Waals surface area contributed by atoms with Crippen LogP contribution in [0.2, 0.25) is 0 Å². The maximum absolute atomic E-state index is 13.3. The van der Waals surface area contributed by atoms with Crippen molar-refractivity contribution in [1.82, 2.24) is 0 Å². The summed E-state index contributed by atoms with van der Waals surface area (Å²) in [4.78, 5) is 19.2. The predicted octanol–water partition coefficient (Wildman–Crippen LogP) is 6.30. The van der Waals surface area contributed by atoms with Crippen LogP contribution in [-0.4, -0.2) is 25.8 Å². The topological polar surface area (TPSA) is 83.7 Å². The number of ether oxygens (including phenoxy) is 2. The highest BCUT2D eigenvalue weighted by molar-refractivity contribution is 9.10. The van der Waals surface area contributed by atoms with Crippen LogP contribution in [0.5, 0.6) is 11.5 Å². The quantitative estimate of drug-likeness (QED) is 0.368. The number of aliphatic imine (C=N–C) groups is 1. The van der Waals surface area contributed by atoms with Gasteiger partial charge in [0.15, 0.2) is 18.1 Å². The molecular formula is C25H22BrN3O3S. The number of amides is 1. The van der Waals surface area contributed by atoms with Crippen LogP contribution >= 0.6 is 27.3 Å². The summed E-state index contributed by atoms with van der Waals surface area (Å²) >= 11 is 5.04. The van der Waals surface area contributed by atoms with Gasteiger partial charge in [0.05, 0.1) is 12.7 Å². The Morgan fingerprint density at radius 1 is 1.27 bits per heavy atom. The molecule has 1 heterocycles. The number of nitrogens with zero attached hydrogens (tertiary/aromatic N) is 2. The highest BCUT2D eigenvalue weighted by atomic mass is 79.9. The summed E-state index contributed by atoms with van der Waals surface area (Å²) in [6.45, 7) is -0.114. The van der Waals surface area contributed by atoms with Crippen molar-refractivity contribution in [2.24, 2.45) is 4.99 Å². The van der Waals surface area contributed by atoms with Crippen LogP contribution < -0.4 is 14.8 Å². The summed E-state index contributed by atoms with van der Waals surface area (Å²) in [6, 6.07) is 15.0. The maximum Gasteiger partial charge on any atom is 0.259 e. The molecule has 0 unspecified atom stereocenters. The molecule has 0 fully saturated rings. The number of carbonyl (C=O) groups excluding carboxylic acids is 1. The Morgan fingerprint density at radius 3 is 2.82 bits per heavy atom. The van der Waals surface area contributed by atoms with E-state index in [9.17, 15) is 4.79 Å². The summed E-state index contributed by atoms with van der Waals surface area (Å²) in [7, 11) is 1.54. The van der Waals surface area contributed by atoms with Crippen LogP contribution in [0.3, 0.4) is 0 Å². The van der Waals surface area contributed by atoms with Crippen LogP contribution in [-0.2, 0) is 12.8 Å². The molecule has 1 aliphatic rings. The number of aryl methyl sites for hydroxylation is 1. The van der Waals surface area contributed by atoms with Gasteiger partial charge in [0.1, 0.15) is 11.1 Å². The molecule has 3 aromatic rings. The molecule has 0 atom stereocenters. The van der Waals surface area contributed by atoms with E-state index >= 15 is 0 Å². The third-order valence-electron chi connectivity index (χ3n) is 5.28. The molecule has 0 saturated heterocycles. The number of nitrogens with one attached hydrogen (secondary N) is 1. The Kier molecular flexibility index (Phi) is 7.43. The van der Waals surface area contributed by atoms with Gasteiger partial charge in [-0.15, -0.1) is 11.3 Å². The highest BCUT2D eigenvalue weighted by Gasteiger charge is 2.25. The van der Waals surface area contributed by atoms with Gasteiger partial charge in [-0.3, -0.25) is 4.79 Å². The minimum absolute atomic E-state index is 0.114. The molecule has 1 amide bonds. The summed E-state index contributed by atoms with van der Waals surface area (Å²) in [5.41, 5.74) is 3.13. The Labute approximate surface area is 205 Å². The number of nitriles is 1. The number of thiophene rings is 1. The van der Waals surface area contributed by atoms with E-state index in [1.54, 1.807) is 30.7 Å². The minimum Gasteiger partial charge on any atom is -0.493 e. The zero-order valence-electron chi connectivity index (χ0n) is 18.1. The number of halogens is 1. The molecule has 6 nitrogen and oxygen atoms in total. The predicted molar refractivity (Wildman–Crippen MR) is 134 cm³/mol. The highest BCUT2D eigenvalue weighted by Crippen LogP contribution is 2.41. The van der Waals surface area contributed by atoms with Gasteiger partial charge >= 0.3 is 0 Å². The largest absolute Gasteiger partial charge is 0.493 e. The molecule has 0 aliphatic heterocycles. The van der Waals surface area contributed by atoms with Crippen LogP contribution in [0.15, 0.2) is 51.9 Å². The van der Waals surface area contributed by atoms with Crippen molar-refractivity contribution in [3.63, 3.8) is 0 Å². The zero-order valence-corrected chi connectivity index (χ0v) is 20.5. The van der Waals surface area contributed by atoms with Gasteiger partial charge in [-0.25, -0.2) is 4.99 Å². The molecular weight excluding hydrogens is 502 g/mol. The number of hydrogen-bond acceptors (Lipinski definition) is 6. The van der Waals surface area contributed by atoms with Crippen LogP contribution in [0.1, 0.15) is 39.2 Å². The lowest BCUT2D eigenvalue weighted by Gasteiger charge is -2.13. The molecule has 33 heavy (non-hydrogen) atoms. The average Bonchev–Trinajstić information content (AvgIpc) is 3.20. The normalized spacial score (nSPS) is 12.8. The fraction of sp³-hybridized carbons (Fsp3) is 0.240. The third-order valence-corrected chi connectivity index (χ3v) is 6.94. The van der Waals surface area contributed by atoms with E-state index in [0.717, 1.165) is 41.4 Å². The zero-order chi connectivity index (χ0) is 23.2. The van der Waals surface area contributed by atoms with E-state index < -0.39 is 0 Å². The van der Waals surface area contributed by atoms with Gasteiger partial charge in [-0.05, 0) is 55.5 Å². The number of para-hydroxylation sites is 1. The Hall–Kier alpha value is -3.15. The Bertz CT molecular complexity index is 1230. The fourth-order valence-electron chi connectivity index (χ4n) is 3.82. The van der Waals surface area contributed by atoms with Crippen molar-refractivity contribution >= 4 is 50.1 Å². The van der Waals surface area contributed by atoms with Crippen molar-refractivity contribution in [1.29, 1.82) is 5.26 Å². The first kappa shape index (κ1) is 23.0. The lowest BCUT2D eigenvalue weighted by Crippen LogP contribution is -2.14. The van der Waals surface area contributed by atoms with Crippen LogP contribution in [0, 0.1) is 11.3 Å². The van der Waals surface area contributed by atoms with Gasteiger partial charge in [0, 0.05) is 26.8 Å². The van der Waals surface area contributed by atoms with Crippen molar-refractivity contribution in [3.8, 4) is 17.6 Å². The number of fused-ring (bicyclic) bond motifs is 1. The molecule has 0 saturated carbocycles. The number of carbonyl (C=O) groups is 1. The van der Waals surface area contributed by atoms with Crippen molar-refractivity contribution in [2.45, 2.75) is 25.7 Å². The molecule has 0 radical (unpaired) electrons. The molecule has 0 spiro atoms. The van der Waals surface area contributed by atoms with E-state index in [4.69, 9.17) is 19.7 Å². The number of benzene rings is 2. The van der Waals surface area contributed by atoms with Gasteiger partial charge < -0.3 is 14.8 Å². The smallest absolute Gasteiger partial charge is 0.259 e. The van der Waals surface area contributed by atoms with Crippen LogP contribution in [0.4, 0.5) is 10.7 Å². The van der Waals surface area contributed by atoms with Gasteiger partial charge in [-0.2, -0.15) is 5.26 Å². The van der Waals surface area contributed by atoms with E-state index in [2.05, 4.69) is 21.2 Å². The summed E-state index contributed by atoms with van der Waals surface area (Å²) in [5.74, 6) is 0.775. The number of rotatable bonds is 7. The summed E-state index contributed by atoms with van der Waals surface area (Å²) in [5, 5.41) is 12.6. The van der Waals surface area contributed by atoms with E-state index in [-0.39, 0.29) is 12.5 Å². The van der Waals surface area contributed by atoms with Gasteiger partial charge in [0.25, 0.3) is 5.91 Å². The maximum atomic E-state index is 13.3. The monoisotopic (exact) mass is 523 g/mol. The summed E-state index contributed by atoms with van der Waals surface area (Å²) in [6.07, 6.45) is 5.68. The van der Waals surface area contributed by atoms with E-state index in [0.29, 0.717) is 27.6 Å². The number of methoxy groups -OCH3 is 1. The van der Waals surface area contributed by atoms with Crippen LogP contribution in [0.25, 0.3) is 0 Å². The Balaban J connectivity index is 1.73. The van der Waals surface area contributed by atoms with E-state index in [1.807, 2.05) is 42.5 Å². The minimum atomic E-state index is -0.152. The van der Waals surface area contributed by atoms with E-state index in [1.165, 1.54) is 4.88 Å². The van der Waals surface area contributed by atoms with Crippen molar-refractivity contribution in [3.05, 3.63) is 68.5 Å². The second-order valence-corrected chi connectivity index (χ2v) is 9.44. The van der Waals surface area contributed by atoms with Gasteiger partial charge in [0.2, 0.25) is 0 Å². The van der Waals surface area contributed by atoms with Gasteiger partial charge in [-0.1, -0.05) is 34.1 Å². The molecule has 1 N–H and O–H groups in total. The Morgan fingerprint density at radius 2 is 2.06 bits per heavy atom. The molecule has 168 valence electrons. The summed E-state index contributed by atoms with van der Waals surface area (Å²) < 4.78 is 11.8. The molecule has 8 heteroatoms. The SMILES string of the molecule is COc1cc(Br)cc(C=Nc2sc3c(c2C(=O)Nc2ccccc2)CCCC3)c1OCC#N. The van der Waals surface area contributed by atoms with Crippen molar-refractivity contribution in [2.75, 3.05) is 19.0 Å². The standard InChI is InChI=1S/C25H22BrN3O3S/c1-31-20-14-17(26)13-16(23(20)32-12-11-27)15-28-25-22(19-9-5-6-10-21(19)33-25)24(30)29-18-7-3-2-4-8-18/h2-4,7-8,13-15H,5-6,9-10,12H2,1H3,(H,29,30).